The average molecular weight is 437 g/mol. The van der Waals surface area contributed by atoms with Crippen molar-refractivity contribution in [2.45, 2.75) is 20.0 Å². The van der Waals surface area contributed by atoms with Crippen molar-refractivity contribution in [1.29, 1.82) is 0 Å². The molecule has 0 saturated carbocycles. The molecule has 0 radical (unpaired) electrons. The lowest BCUT2D eigenvalue weighted by Gasteiger charge is -2.22. The summed E-state index contributed by atoms with van der Waals surface area (Å²) in [4.78, 5) is 9.56. The molecule has 1 aromatic carbocycles. The molecule has 0 N–H and O–H groups in total. The Balaban J connectivity index is 2.45. The third-order valence-electron chi connectivity index (χ3n) is 3.02. The number of rotatable bonds is 5. The normalized spacial score (nSPS) is 11.4. The predicted octanol–water partition coefficient (Wildman–Crippen LogP) is 4.66. The first-order valence-corrected chi connectivity index (χ1v) is 8.04. The van der Waals surface area contributed by atoms with Gasteiger partial charge in [-0.2, -0.15) is 18.2 Å². The van der Waals surface area contributed by atoms with E-state index in [1.807, 2.05) is 31.2 Å². The Morgan fingerprint density at radius 1 is 1.17 bits per heavy atom. The molecule has 0 spiro atoms. The Morgan fingerprint density at radius 2 is 1.83 bits per heavy atom. The number of hydrogen-bond acceptors (Lipinski definition) is 4. The van der Waals surface area contributed by atoms with Crippen molar-refractivity contribution in [3.05, 3.63) is 39.6 Å². The van der Waals surface area contributed by atoms with Crippen LogP contribution in [0.1, 0.15) is 19.4 Å². The summed E-state index contributed by atoms with van der Waals surface area (Å²) in [5.41, 5.74) is -0.170. The molecule has 1 heterocycles. The highest BCUT2D eigenvalue weighted by Crippen LogP contribution is 2.36. The van der Waals surface area contributed by atoms with Crippen LogP contribution in [0.3, 0.4) is 0 Å². The summed E-state index contributed by atoms with van der Waals surface area (Å²) in [6.45, 7) is 4.09. The first-order chi connectivity index (χ1) is 10.9. The van der Waals surface area contributed by atoms with Gasteiger partial charge in [0.05, 0.1) is 6.61 Å². The van der Waals surface area contributed by atoms with E-state index in [2.05, 4.69) is 32.6 Å². The first-order valence-electron chi connectivity index (χ1n) is 6.97. The topological polar surface area (TPSA) is 38.2 Å². The van der Waals surface area contributed by atoms with Crippen LogP contribution in [-0.2, 0) is 6.18 Å². The highest BCUT2D eigenvalue weighted by atomic mass is 127. The summed E-state index contributed by atoms with van der Waals surface area (Å²) < 4.78 is 45.1. The van der Waals surface area contributed by atoms with Gasteiger partial charge >= 0.3 is 6.18 Å². The molecule has 0 bridgehead atoms. The first kappa shape index (κ1) is 17.8. The number of anilines is 2. The molecule has 124 valence electrons. The zero-order chi connectivity index (χ0) is 17.0. The number of ether oxygens (including phenoxy) is 1. The van der Waals surface area contributed by atoms with Gasteiger partial charge in [-0.05, 0) is 60.7 Å². The van der Waals surface area contributed by atoms with Gasteiger partial charge in [0.15, 0.2) is 0 Å². The van der Waals surface area contributed by atoms with Gasteiger partial charge in [-0.15, -0.1) is 0 Å². The van der Waals surface area contributed by atoms with E-state index in [0.29, 0.717) is 6.54 Å². The van der Waals surface area contributed by atoms with Crippen molar-refractivity contribution in [3.8, 4) is 5.88 Å². The fraction of sp³-hybridized carbons (Fsp3) is 0.333. The van der Waals surface area contributed by atoms with Crippen LogP contribution in [0.2, 0.25) is 0 Å². The summed E-state index contributed by atoms with van der Waals surface area (Å²) in [5, 5.41) is 0. The number of benzene rings is 1. The molecule has 4 nitrogen and oxygen atoms in total. The quantitative estimate of drug-likeness (QED) is 0.639. The molecule has 0 aliphatic heterocycles. The predicted molar refractivity (Wildman–Crippen MR) is 90.0 cm³/mol. The van der Waals surface area contributed by atoms with Crippen molar-refractivity contribution >= 4 is 34.2 Å². The Labute approximate surface area is 145 Å². The fourth-order valence-corrected chi connectivity index (χ4v) is 2.35. The van der Waals surface area contributed by atoms with Gasteiger partial charge in [-0.3, -0.25) is 0 Å². The Morgan fingerprint density at radius 3 is 2.35 bits per heavy atom. The molecule has 0 aliphatic rings. The minimum absolute atomic E-state index is 0.0925. The average Bonchev–Trinajstić information content (AvgIpc) is 2.49. The highest BCUT2D eigenvalue weighted by Gasteiger charge is 2.36. The van der Waals surface area contributed by atoms with Crippen LogP contribution in [0.4, 0.5) is 24.8 Å². The fourth-order valence-electron chi connectivity index (χ4n) is 1.99. The molecule has 8 heteroatoms. The van der Waals surface area contributed by atoms with Gasteiger partial charge in [-0.25, -0.2) is 4.98 Å². The van der Waals surface area contributed by atoms with Crippen molar-refractivity contribution < 1.29 is 17.9 Å². The number of halogens is 4. The molecule has 0 atom stereocenters. The van der Waals surface area contributed by atoms with Gasteiger partial charge in [0.25, 0.3) is 0 Å². The highest BCUT2D eigenvalue weighted by molar-refractivity contribution is 14.1. The molecule has 0 amide bonds. The molecular formula is C15H15F3IN3O. The van der Waals surface area contributed by atoms with Crippen LogP contribution in [0.15, 0.2) is 30.5 Å². The number of aromatic nitrogens is 2. The number of nitrogens with zero attached hydrogens (tertiary/aromatic N) is 3. The van der Waals surface area contributed by atoms with Crippen LogP contribution in [-0.4, -0.2) is 23.1 Å². The van der Waals surface area contributed by atoms with Gasteiger partial charge < -0.3 is 9.64 Å². The summed E-state index contributed by atoms with van der Waals surface area (Å²) in [6.07, 6.45) is -3.79. The molecular weight excluding hydrogens is 422 g/mol. The van der Waals surface area contributed by atoms with E-state index < -0.39 is 17.6 Å². The summed E-state index contributed by atoms with van der Waals surface area (Å²) in [6, 6.07) is 7.55. The monoisotopic (exact) mass is 437 g/mol. The van der Waals surface area contributed by atoms with Crippen molar-refractivity contribution in [2.75, 3.05) is 18.1 Å². The van der Waals surface area contributed by atoms with Crippen molar-refractivity contribution in [2.24, 2.45) is 0 Å². The molecule has 2 aromatic rings. The maximum Gasteiger partial charge on any atom is 0.423 e. The third kappa shape index (κ3) is 4.24. The molecule has 0 aliphatic carbocycles. The molecule has 0 unspecified atom stereocenters. The van der Waals surface area contributed by atoms with Crippen LogP contribution in [0.25, 0.3) is 0 Å². The number of hydrogen-bond donors (Lipinski definition) is 0. The van der Waals surface area contributed by atoms with Crippen molar-refractivity contribution in [1.82, 2.24) is 9.97 Å². The van der Waals surface area contributed by atoms with E-state index in [-0.39, 0.29) is 12.6 Å². The maximum absolute atomic E-state index is 13.0. The minimum atomic E-state index is -4.55. The maximum atomic E-state index is 13.0. The zero-order valence-electron chi connectivity index (χ0n) is 12.6. The van der Waals surface area contributed by atoms with E-state index in [1.165, 1.54) is 0 Å². The van der Waals surface area contributed by atoms with E-state index >= 15 is 0 Å². The molecule has 23 heavy (non-hydrogen) atoms. The summed E-state index contributed by atoms with van der Waals surface area (Å²) in [7, 11) is 0. The van der Waals surface area contributed by atoms with E-state index in [4.69, 9.17) is 4.74 Å². The van der Waals surface area contributed by atoms with Gasteiger partial charge in [-0.1, -0.05) is 0 Å². The summed E-state index contributed by atoms with van der Waals surface area (Å²) in [5.74, 6) is -0.279. The second kappa shape index (κ2) is 7.33. The van der Waals surface area contributed by atoms with Crippen LogP contribution >= 0.6 is 22.6 Å². The molecule has 0 saturated heterocycles. The van der Waals surface area contributed by atoms with E-state index in [1.54, 1.807) is 11.8 Å². The Kier molecular flexibility index (Phi) is 5.66. The molecule has 2 rings (SSSR count). The SMILES string of the molecule is CCOc1nc(N(CC)c2ccc(I)cc2)ncc1C(F)(F)F. The van der Waals surface area contributed by atoms with Crippen LogP contribution in [0.5, 0.6) is 5.88 Å². The minimum Gasteiger partial charge on any atom is -0.477 e. The third-order valence-corrected chi connectivity index (χ3v) is 3.74. The van der Waals surface area contributed by atoms with E-state index in [0.717, 1.165) is 15.5 Å². The van der Waals surface area contributed by atoms with Gasteiger partial charge in [0.1, 0.15) is 5.56 Å². The smallest absolute Gasteiger partial charge is 0.423 e. The standard InChI is InChI=1S/C15H15F3IN3O/c1-3-22(11-7-5-10(19)6-8-11)14-20-9-12(15(16,17)18)13(21-14)23-4-2/h5-9H,3-4H2,1-2H3. The van der Waals surface area contributed by atoms with E-state index in [9.17, 15) is 13.2 Å². The Hall–Kier alpha value is -1.58. The zero-order valence-corrected chi connectivity index (χ0v) is 14.7. The van der Waals surface area contributed by atoms with Gasteiger partial charge in [0.2, 0.25) is 11.8 Å². The largest absolute Gasteiger partial charge is 0.477 e. The van der Waals surface area contributed by atoms with Crippen molar-refractivity contribution in [3.63, 3.8) is 0 Å². The van der Waals surface area contributed by atoms with Gasteiger partial charge in [0, 0.05) is 22.0 Å². The second-order valence-electron chi connectivity index (χ2n) is 4.54. The van der Waals surface area contributed by atoms with Crippen LogP contribution < -0.4 is 9.64 Å². The second-order valence-corrected chi connectivity index (χ2v) is 5.79. The lowest BCUT2D eigenvalue weighted by molar-refractivity contribution is -0.139. The summed E-state index contributed by atoms with van der Waals surface area (Å²) >= 11 is 2.18. The lowest BCUT2D eigenvalue weighted by Crippen LogP contribution is -2.20. The van der Waals surface area contributed by atoms with Crippen LogP contribution in [0, 0.1) is 3.57 Å². The Bertz CT molecular complexity index is 662. The number of alkyl halides is 3. The lowest BCUT2D eigenvalue weighted by atomic mass is 10.3. The molecule has 1 aromatic heterocycles. The molecule has 0 fully saturated rings.